The Balaban J connectivity index is 1.83. The van der Waals surface area contributed by atoms with Crippen molar-refractivity contribution in [1.82, 2.24) is 4.90 Å². The first-order valence-corrected chi connectivity index (χ1v) is 8.15. The Morgan fingerprint density at radius 3 is 2.44 bits per heavy atom. The minimum Gasteiger partial charge on any atom is -0.508 e. The maximum Gasteiger partial charge on any atom is 0.247 e. The van der Waals surface area contributed by atoms with Crippen LogP contribution in [0.15, 0.2) is 48.5 Å². The van der Waals surface area contributed by atoms with E-state index in [9.17, 15) is 14.7 Å². The molecule has 0 saturated heterocycles. The lowest BCUT2D eigenvalue weighted by Crippen LogP contribution is -2.50. The van der Waals surface area contributed by atoms with Crippen LogP contribution in [-0.2, 0) is 22.6 Å². The molecule has 6 heteroatoms. The number of hydrogen-bond acceptors (Lipinski definition) is 4. The topological polar surface area (TPSA) is 89.9 Å². The Kier molecular flexibility index (Phi) is 5.00. The molecule has 2 aromatic rings. The second-order valence-electron chi connectivity index (χ2n) is 6.02. The number of rotatable bonds is 4. The summed E-state index contributed by atoms with van der Waals surface area (Å²) in [6.07, 6.45) is 0.419. The minimum atomic E-state index is -0.636. The fraction of sp³-hybridized carbons (Fsp3) is 0.263. The van der Waals surface area contributed by atoms with Crippen LogP contribution in [-0.4, -0.2) is 39.6 Å². The van der Waals surface area contributed by atoms with Gasteiger partial charge in [0.2, 0.25) is 11.8 Å². The number of carbonyl (C=O) groups is 2. The van der Waals surface area contributed by atoms with E-state index < -0.39 is 6.04 Å². The molecule has 6 nitrogen and oxygen atoms in total. The zero-order valence-corrected chi connectivity index (χ0v) is 13.7. The predicted octanol–water partition coefficient (Wildman–Crippen LogP) is 1.67. The monoisotopic (exact) mass is 340 g/mol. The molecule has 130 valence electrons. The number of phenols is 1. The van der Waals surface area contributed by atoms with Crippen LogP contribution in [0.1, 0.15) is 17.5 Å². The number of amides is 2. The Morgan fingerprint density at radius 2 is 1.76 bits per heavy atom. The van der Waals surface area contributed by atoms with E-state index in [0.29, 0.717) is 18.7 Å². The Bertz CT molecular complexity index is 773. The van der Waals surface area contributed by atoms with Crippen molar-refractivity contribution in [2.24, 2.45) is 0 Å². The second kappa shape index (κ2) is 7.36. The van der Waals surface area contributed by atoms with Crippen LogP contribution in [0.5, 0.6) is 5.75 Å². The van der Waals surface area contributed by atoms with E-state index in [1.165, 1.54) is 17.0 Å². The van der Waals surface area contributed by atoms with Gasteiger partial charge in [-0.15, -0.1) is 0 Å². The molecule has 0 unspecified atom stereocenters. The van der Waals surface area contributed by atoms with Crippen molar-refractivity contribution in [3.8, 4) is 5.75 Å². The maximum atomic E-state index is 12.8. The zero-order chi connectivity index (χ0) is 17.8. The van der Waals surface area contributed by atoms with Gasteiger partial charge in [0, 0.05) is 25.1 Å². The molecule has 0 aromatic heterocycles. The number of hydrogen-bond donors (Lipinski definition) is 3. The molecular formula is C19H20N2O4. The zero-order valence-electron chi connectivity index (χ0n) is 13.7. The van der Waals surface area contributed by atoms with Gasteiger partial charge in [-0.1, -0.05) is 24.3 Å². The van der Waals surface area contributed by atoms with Gasteiger partial charge in [0.1, 0.15) is 11.8 Å². The number of aromatic hydroxyl groups is 1. The van der Waals surface area contributed by atoms with Crippen LogP contribution in [0.25, 0.3) is 0 Å². The number of nitrogens with zero attached hydrogens (tertiary/aromatic N) is 1. The average Bonchev–Trinajstić information content (AvgIpc) is 2.62. The van der Waals surface area contributed by atoms with E-state index in [2.05, 4.69) is 5.32 Å². The minimum absolute atomic E-state index is 0.00877. The summed E-state index contributed by atoms with van der Waals surface area (Å²) >= 11 is 0. The van der Waals surface area contributed by atoms with Gasteiger partial charge in [-0.3, -0.25) is 9.59 Å². The van der Waals surface area contributed by atoms with Crippen molar-refractivity contribution in [1.29, 1.82) is 0 Å². The van der Waals surface area contributed by atoms with E-state index in [0.717, 1.165) is 11.1 Å². The number of nitrogens with one attached hydrogen (secondary N) is 1. The second-order valence-corrected chi connectivity index (χ2v) is 6.02. The number of aliphatic hydroxyl groups is 1. The lowest BCUT2D eigenvalue weighted by molar-refractivity contribution is -0.140. The molecule has 0 fully saturated rings. The van der Waals surface area contributed by atoms with Crippen molar-refractivity contribution >= 4 is 17.5 Å². The Morgan fingerprint density at radius 1 is 1.08 bits per heavy atom. The van der Waals surface area contributed by atoms with Crippen molar-refractivity contribution in [2.75, 3.05) is 11.9 Å². The first-order valence-electron chi connectivity index (χ1n) is 8.15. The molecule has 0 saturated carbocycles. The number of phenolic OH excluding ortho intramolecular Hbond substituents is 1. The first-order chi connectivity index (χ1) is 12.1. The standard InChI is InChI=1S/C19H20N2O4/c22-10-9-18(24)21-12-14-4-2-1-3-13(14)11-17(21)19(25)20-15-5-7-16(23)8-6-15/h1-8,17,22-23H,9-12H2,(H,20,25)/t17-/m0/s1. The molecule has 1 atom stereocenters. The van der Waals surface area contributed by atoms with Crippen LogP contribution in [0, 0.1) is 0 Å². The lowest BCUT2D eigenvalue weighted by atomic mass is 9.93. The molecule has 0 radical (unpaired) electrons. The van der Waals surface area contributed by atoms with E-state index in [1.54, 1.807) is 12.1 Å². The highest BCUT2D eigenvalue weighted by Crippen LogP contribution is 2.25. The van der Waals surface area contributed by atoms with E-state index in [-0.39, 0.29) is 30.6 Å². The molecule has 25 heavy (non-hydrogen) atoms. The summed E-state index contributed by atoms with van der Waals surface area (Å²) in [5, 5.41) is 21.2. The smallest absolute Gasteiger partial charge is 0.247 e. The molecule has 0 bridgehead atoms. The summed E-state index contributed by atoms with van der Waals surface area (Å²) in [6, 6.07) is 13.3. The number of aliphatic hydroxyl groups excluding tert-OH is 1. The van der Waals surface area contributed by atoms with Gasteiger partial charge in [0.15, 0.2) is 0 Å². The summed E-state index contributed by atoms with van der Waals surface area (Å²) in [7, 11) is 0. The summed E-state index contributed by atoms with van der Waals surface area (Å²) in [5.41, 5.74) is 2.61. The first kappa shape index (κ1) is 17.0. The third kappa shape index (κ3) is 3.80. The summed E-state index contributed by atoms with van der Waals surface area (Å²) in [5.74, 6) is -0.418. The van der Waals surface area contributed by atoms with E-state index >= 15 is 0 Å². The highest BCUT2D eigenvalue weighted by atomic mass is 16.3. The average molecular weight is 340 g/mol. The van der Waals surface area contributed by atoms with Crippen molar-refractivity contribution < 1.29 is 19.8 Å². The van der Waals surface area contributed by atoms with Gasteiger partial charge in [-0.2, -0.15) is 0 Å². The van der Waals surface area contributed by atoms with Gasteiger partial charge in [0.05, 0.1) is 6.61 Å². The number of anilines is 1. The third-order valence-corrected chi connectivity index (χ3v) is 4.33. The van der Waals surface area contributed by atoms with Gasteiger partial charge in [-0.05, 0) is 35.4 Å². The maximum absolute atomic E-state index is 12.8. The summed E-state index contributed by atoms with van der Waals surface area (Å²) in [6.45, 7) is 0.103. The normalized spacial score (nSPS) is 16.2. The molecule has 1 heterocycles. The molecule has 2 amide bonds. The predicted molar refractivity (Wildman–Crippen MR) is 92.9 cm³/mol. The molecule has 3 rings (SSSR count). The molecule has 1 aliphatic rings. The molecule has 0 spiro atoms. The fourth-order valence-corrected chi connectivity index (χ4v) is 3.03. The quantitative estimate of drug-likeness (QED) is 0.739. The number of benzene rings is 2. The van der Waals surface area contributed by atoms with Gasteiger partial charge >= 0.3 is 0 Å². The number of carbonyl (C=O) groups excluding carboxylic acids is 2. The van der Waals surface area contributed by atoms with Gasteiger partial charge in [0.25, 0.3) is 0 Å². The van der Waals surface area contributed by atoms with Crippen LogP contribution in [0.2, 0.25) is 0 Å². The molecular weight excluding hydrogens is 320 g/mol. The van der Waals surface area contributed by atoms with Gasteiger partial charge in [-0.25, -0.2) is 0 Å². The van der Waals surface area contributed by atoms with Crippen molar-refractivity contribution in [3.63, 3.8) is 0 Å². The third-order valence-electron chi connectivity index (χ3n) is 4.33. The Hall–Kier alpha value is -2.86. The lowest BCUT2D eigenvalue weighted by Gasteiger charge is -2.36. The molecule has 1 aliphatic heterocycles. The van der Waals surface area contributed by atoms with Crippen molar-refractivity contribution in [3.05, 3.63) is 59.7 Å². The molecule has 2 aromatic carbocycles. The number of fused-ring (bicyclic) bond motifs is 1. The van der Waals surface area contributed by atoms with Crippen LogP contribution in [0.3, 0.4) is 0 Å². The SMILES string of the molecule is O=C(Nc1ccc(O)cc1)[C@@H]1Cc2ccccc2CN1C(=O)CCO. The molecule has 3 N–H and O–H groups in total. The molecule has 0 aliphatic carbocycles. The van der Waals surface area contributed by atoms with E-state index in [4.69, 9.17) is 5.11 Å². The highest BCUT2D eigenvalue weighted by molar-refractivity contribution is 5.97. The summed E-state index contributed by atoms with van der Waals surface area (Å²) in [4.78, 5) is 26.6. The van der Waals surface area contributed by atoms with Crippen LogP contribution in [0.4, 0.5) is 5.69 Å². The van der Waals surface area contributed by atoms with Crippen LogP contribution < -0.4 is 5.32 Å². The fourth-order valence-electron chi connectivity index (χ4n) is 3.03. The highest BCUT2D eigenvalue weighted by Gasteiger charge is 2.34. The Labute approximate surface area is 145 Å². The largest absolute Gasteiger partial charge is 0.508 e. The van der Waals surface area contributed by atoms with Crippen molar-refractivity contribution in [2.45, 2.75) is 25.4 Å². The summed E-state index contributed by atoms with van der Waals surface area (Å²) < 4.78 is 0. The van der Waals surface area contributed by atoms with E-state index in [1.807, 2.05) is 24.3 Å². The van der Waals surface area contributed by atoms with Crippen LogP contribution >= 0.6 is 0 Å². The van der Waals surface area contributed by atoms with Gasteiger partial charge < -0.3 is 20.4 Å².